The lowest BCUT2D eigenvalue weighted by Crippen LogP contribution is -2.17. The van der Waals surface area contributed by atoms with Crippen molar-refractivity contribution < 1.29 is 5.11 Å². The highest BCUT2D eigenvalue weighted by atomic mass is 16.3. The molecule has 0 saturated carbocycles. The predicted octanol–water partition coefficient (Wildman–Crippen LogP) is 3.29. The number of benzene rings is 1. The van der Waals surface area contributed by atoms with Crippen molar-refractivity contribution in [2.24, 2.45) is 4.99 Å². The highest BCUT2D eigenvalue weighted by Gasteiger charge is 2.16. The summed E-state index contributed by atoms with van der Waals surface area (Å²) in [4.78, 5) is 11.7. The van der Waals surface area contributed by atoms with Gasteiger partial charge < -0.3 is 15.3 Å². The minimum absolute atomic E-state index is 0.0391. The van der Waals surface area contributed by atoms with E-state index in [0.717, 1.165) is 52.7 Å². The lowest BCUT2D eigenvalue weighted by molar-refractivity contribution is 0.281. The van der Waals surface area contributed by atoms with Crippen LogP contribution < -0.4 is 5.32 Å². The van der Waals surface area contributed by atoms with E-state index >= 15 is 0 Å². The molecule has 4 rings (SSSR count). The molecule has 0 aliphatic carbocycles. The number of aliphatic hydroxyl groups excluding tert-OH is 1. The van der Waals surface area contributed by atoms with Crippen LogP contribution in [0.1, 0.15) is 29.5 Å². The van der Waals surface area contributed by atoms with Crippen LogP contribution in [0.15, 0.2) is 47.3 Å². The molecule has 1 aromatic heterocycles. The van der Waals surface area contributed by atoms with Crippen LogP contribution in [0.25, 0.3) is 11.3 Å². The van der Waals surface area contributed by atoms with Crippen LogP contribution in [0.2, 0.25) is 0 Å². The maximum atomic E-state index is 9.49. The fraction of sp³-hybridized carbons (Fsp3) is 0.300. The number of pyridine rings is 1. The largest absolute Gasteiger partial charge is 0.392 e. The Morgan fingerprint density at radius 2 is 2.00 bits per heavy atom. The van der Waals surface area contributed by atoms with E-state index < -0.39 is 0 Å². The van der Waals surface area contributed by atoms with Gasteiger partial charge in [-0.25, -0.2) is 9.98 Å². The Morgan fingerprint density at radius 3 is 2.80 bits per heavy atom. The number of anilines is 1. The molecule has 5 heteroatoms. The Kier molecular flexibility index (Phi) is 4.24. The Labute approximate surface area is 147 Å². The molecular weight excluding hydrogens is 312 g/mol. The van der Waals surface area contributed by atoms with Gasteiger partial charge in [-0.05, 0) is 49.1 Å². The first-order chi connectivity index (χ1) is 12.2. The van der Waals surface area contributed by atoms with Crippen LogP contribution in [-0.2, 0) is 6.61 Å². The zero-order chi connectivity index (χ0) is 17.2. The van der Waals surface area contributed by atoms with Crippen molar-refractivity contribution in [2.75, 3.05) is 18.4 Å². The zero-order valence-electron chi connectivity index (χ0n) is 14.4. The van der Waals surface area contributed by atoms with Crippen molar-refractivity contribution in [1.29, 1.82) is 0 Å². The molecule has 0 amide bonds. The van der Waals surface area contributed by atoms with Crippen molar-refractivity contribution >= 4 is 12.0 Å². The molecule has 1 fully saturated rings. The summed E-state index contributed by atoms with van der Waals surface area (Å²) in [5.41, 5.74) is 4.88. The van der Waals surface area contributed by atoms with Gasteiger partial charge in [0.05, 0.1) is 12.3 Å². The molecule has 25 heavy (non-hydrogen) atoms. The number of nitrogens with zero attached hydrogens (tertiary/aromatic N) is 3. The van der Waals surface area contributed by atoms with Crippen LogP contribution in [0.4, 0.5) is 5.82 Å². The average molecular weight is 334 g/mol. The number of likely N-dealkylation sites (tertiary alicyclic amines) is 1. The second-order valence-corrected chi connectivity index (χ2v) is 6.53. The molecule has 2 aliphatic heterocycles. The van der Waals surface area contributed by atoms with Gasteiger partial charge in [0.1, 0.15) is 11.6 Å². The molecule has 3 heterocycles. The topological polar surface area (TPSA) is 60.8 Å². The lowest BCUT2D eigenvalue weighted by Gasteiger charge is -2.16. The smallest absolute Gasteiger partial charge is 0.144 e. The monoisotopic (exact) mass is 334 g/mol. The van der Waals surface area contributed by atoms with Crippen molar-refractivity contribution in [1.82, 2.24) is 9.88 Å². The first-order valence-electron chi connectivity index (χ1n) is 8.72. The fourth-order valence-electron chi connectivity index (χ4n) is 3.28. The molecule has 0 spiro atoms. The van der Waals surface area contributed by atoms with Crippen LogP contribution in [0.3, 0.4) is 0 Å². The predicted molar refractivity (Wildman–Crippen MR) is 100 cm³/mol. The molecule has 2 aliphatic rings. The normalized spacial score (nSPS) is 16.2. The van der Waals surface area contributed by atoms with Gasteiger partial charge in [-0.15, -0.1) is 0 Å². The highest BCUT2D eigenvalue weighted by molar-refractivity contribution is 5.89. The Balaban J connectivity index is 1.65. The number of hydrogen-bond acceptors (Lipinski definition) is 5. The molecule has 1 aromatic carbocycles. The molecule has 0 bridgehead atoms. The number of aliphatic imine (C=N–C) groups is 1. The molecule has 2 N–H and O–H groups in total. The van der Waals surface area contributed by atoms with Gasteiger partial charge >= 0.3 is 0 Å². The average Bonchev–Trinajstić information content (AvgIpc) is 3.09. The minimum atomic E-state index is 0.0391. The lowest BCUT2D eigenvalue weighted by atomic mass is 10.0. The van der Waals surface area contributed by atoms with Gasteiger partial charge in [0.15, 0.2) is 0 Å². The van der Waals surface area contributed by atoms with Gasteiger partial charge in [-0.1, -0.05) is 12.1 Å². The molecule has 5 nitrogen and oxygen atoms in total. The van der Waals surface area contributed by atoms with Gasteiger partial charge in [0.25, 0.3) is 0 Å². The van der Waals surface area contributed by atoms with Crippen molar-refractivity contribution in [3.8, 4) is 11.3 Å². The summed E-state index contributed by atoms with van der Waals surface area (Å²) in [6, 6.07) is 10.1. The van der Waals surface area contributed by atoms with Gasteiger partial charge in [-0.3, -0.25) is 0 Å². The molecule has 0 atom stereocenters. The van der Waals surface area contributed by atoms with Crippen LogP contribution >= 0.6 is 0 Å². The van der Waals surface area contributed by atoms with Crippen LogP contribution in [0, 0.1) is 6.92 Å². The number of aliphatic hydroxyl groups is 1. The summed E-state index contributed by atoms with van der Waals surface area (Å²) in [6.45, 7) is 4.17. The third-order valence-corrected chi connectivity index (χ3v) is 4.85. The number of rotatable bonds is 3. The first kappa shape index (κ1) is 15.8. The van der Waals surface area contributed by atoms with Gasteiger partial charge in [0.2, 0.25) is 0 Å². The van der Waals surface area contributed by atoms with E-state index in [1.807, 2.05) is 49.7 Å². The van der Waals surface area contributed by atoms with Crippen molar-refractivity contribution in [3.05, 3.63) is 59.0 Å². The third kappa shape index (κ3) is 3.15. The van der Waals surface area contributed by atoms with Crippen molar-refractivity contribution in [3.63, 3.8) is 0 Å². The summed E-state index contributed by atoms with van der Waals surface area (Å²) in [5.74, 6) is 1.77. The molecule has 1 saturated heterocycles. The first-order valence-corrected chi connectivity index (χ1v) is 8.72. The molecular formula is C20H22N4O. The Morgan fingerprint density at radius 1 is 1.16 bits per heavy atom. The quantitative estimate of drug-likeness (QED) is 0.904. The summed E-state index contributed by atoms with van der Waals surface area (Å²) < 4.78 is 0. The van der Waals surface area contributed by atoms with E-state index in [-0.39, 0.29) is 6.61 Å². The molecule has 0 radical (unpaired) electrons. The van der Waals surface area contributed by atoms with E-state index in [0.29, 0.717) is 0 Å². The maximum absolute atomic E-state index is 9.49. The summed E-state index contributed by atoms with van der Waals surface area (Å²) >= 11 is 0. The summed E-state index contributed by atoms with van der Waals surface area (Å²) in [6.07, 6.45) is 6.27. The number of nitrogens with one attached hydrogen (secondary N) is 1. The zero-order valence-corrected chi connectivity index (χ0v) is 14.4. The van der Waals surface area contributed by atoms with E-state index in [9.17, 15) is 5.11 Å². The van der Waals surface area contributed by atoms with Crippen LogP contribution in [-0.4, -0.2) is 34.3 Å². The molecule has 0 unspecified atom stereocenters. The van der Waals surface area contributed by atoms with Gasteiger partial charge in [0, 0.05) is 36.6 Å². The van der Waals surface area contributed by atoms with Gasteiger partial charge in [-0.2, -0.15) is 0 Å². The third-order valence-electron chi connectivity index (χ3n) is 4.85. The summed E-state index contributed by atoms with van der Waals surface area (Å²) in [5, 5.41) is 12.8. The van der Waals surface area contributed by atoms with Crippen LogP contribution in [0.5, 0.6) is 0 Å². The second-order valence-electron chi connectivity index (χ2n) is 6.53. The number of fused-ring (bicyclic) bond motifs is 1. The van der Waals surface area contributed by atoms with Crippen molar-refractivity contribution in [2.45, 2.75) is 26.4 Å². The maximum Gasteiger partial charge on any atom is 0.144 e. The molecule has 2 aromatic rings. The SMILES string of the molecule is Cc1ccc(-c2ccc3c(n2)NC=C(N2CCCC2)N=C3)cc1CO. The number of hydrogen-bond donors (Lipinski definition) is 2. The Bertz CT molecular complexity index is 851. The standard InChI is InChI=1S/C20H22N4O/c1-14-4-5-15(10-17(14)13-25)18-7-6-16-11-21-19(12-22-20(16)23-18)24-8-2-3-9-24/h4-7,10-12,25H,2-3,8-9,13H2,1H3,(H,22,23). The minimum Gasteiger partial charge on any atom is -0.392 e. The summed E-state index contributed by atoms with van der Waals surface area (Å²) in [7, 11) is 0. The second kappa shape index (κ2) is 6.69. The number of aryl methyl sites for hydroxylation is 1. The Hall–Kier alpha value is -2.66. The highest BCUT2D eigenvalue weighted by Crippen LogP contribution is 2.26. The number of aromatic nitrogens is 1. The molecule has 128 valence electrons. The van der Waals surface area contributed by atoms with E-state index in [4.69, 9.17) is 4.98 Å². The fourth-order valence-corrected chi connectivity index (χ4v) is 3.28. The van der Waals surface area contributed by atoms with E-state index in [1.54, 1.807) is 0 Å². The van der Waals surface area contributed by atoms with E-state index in [2.05, 4.69) is 15.2 Å². The van der Waals surface area contributed by atoms with E-state index in [1.165, 1.54) is 12.8 Å².